The summed E-state index contributed by atoms with van der Waals surface area (Å²) in [7, 11) is 0. The average Bonchev–Trinajstić information content (AvgIpc) is 2.52. The van der Waals surface area contributed by atoms with Crippen LogP contribution in [0.1, 0.15) is 17.5 Å². The molecule has 0 bridgehead atoms. The van der Waals surface area contributed by atoms with Gasteiger partial charge in [-0.2, -0.15) is 0 Å². The van der Waals surface area contributed by atoms with E-state index in [1.807, 2.05) is 24.3 Å². The van der Waals surface area contributed by atoms with Gasteiger partial charge < -0.3 is 5.32 Å². The standard InChI is InChI=1S/C18H17ClFNO/c19-17-6-2-1-4-15(17)5-3-13-21-18(22)12-9-14-7-10-16(20)11-8-14/h1-2,4,6-12H,3,5,13H2,(H,21,22)/b12-9+. The predicted molar refractivity (Wildman–Crippen MR) is 88.2 cm³/mol. The molecule has 0 atom stereocenters. The molecule has 0 aliphatic rings. The molecule has 0 spiro atoms. The lowest BCUT2D eigenvalue weighted by Crippen LogP contribution is -2.22. The number of rotatable bonds is 6. The minimum atomic E-state index is -0.291. The van der Waals surface area contributed by atoms with E-state index in [4.69, 9.17) is 11.6 Å². The monoisotopic (exact) mass is 317 g/mol. The van der Waals surface area contributed by atoms with Gasteiger partial charge in [-0.15, -0.1) is 0 Å². The molecule has 2 aromatic rings. The van der Waals surface area contributed by atoms with Crippen molar-refractivity contribution in [1.29, 1.82) is 0 Å². The summed E-state index contributed by atoms with van der Waals surface area (Å²) in [5, 5.41) is 3.57. The van der Waals surface area contributed by atoms with Gasteiger partial charge in [0.25, 0.3) is 0 Å². The van der Waals surface area contributed by atoms with E-state index < -0.39 is 0 Å². The number of amides is 1. The lowest BCUT2D eigenvalue weighted by Gasteiger charge is -2.04. The predicted octanol–water partition coefficient (Wildman–Crippen LogP) is 4.24. The summed E-state index contributed by atoms with van der Waals surface area (Å²) in [6, 6.07) is 13.7. The molecule has 0 aliphatic heterocycles. The van der Waals surface area contributed by atoms with E-state index in [1.165, 1.54) is 18.2 Å². The first-order valence-electron chi connectivity index (χ1n) is 7.10. The molecular weight excluding hydrogens is 301 g/mol. The van der Waals surface area contributed by atoms with Crippen molar-refractivity contribution < 1.29 is 9.18 Å². The Labute approximate surface area is 134 Å². The van der Waals surface area contributed by atoms with Crippen LogP contribution in [0.15, 0.2) is 54.6 Å². The number of halogens is 2. The van der Waals surface area contributed by atoms with Crippen LogP contribution >= 0.6 is 11.6 Å². The van der Waals surface area contributed by atoms with Crippen LogP contribution in [0.25, 0.3) is 6.08 Å². The van der Waals surface area contributed by atoms with Gasteiger partial charge in [-0.05, 0) is 48.2 Å². The second-order valence-electron chi connectivity index (χ2n) is 4.87. The number of hydrogen-bond donors (Lipinski definition) is 1. The lowest BCUT2D eigenvalue weighted by molar-refractivity contribution is -0.116. The molecule has 1 amide bonds. The Morgan fingerprint density at radius 2 is 1.86 bits per heavy atom. The van der Waals surface area contributed by atoms with Crippen LogP contribution in [0, 0.1) is 5.82 Å². The van der Waals surface area contributed by atoms with Crippen molar-refractivity contribution >= 4 is 23.6 Å². The number of aryl methyl sites for hydroxylation is 1. The molecule has 0 aliphatic carbocycles. The zero-order valence-electron chi connectivity index (χ0n) is 12.1. The summed E-state index contributed by atoms with van der Waals surface area (Å²) in [5.41, 5.74) is 1.87. The second kappa shape index (κ2) is 8.35. The molecule has 0 saturated carbocycles. The van der Waals surface area contributed by atoms with Crippen molar-refractivity contribution in [3.8, 4) is 0 Å². The number of carbonyl (C=O) groups excluding carboxylic acids is 1. The third-order valence-corrected chi connectivity index (χ3v) is 3.55. The number of carbonyl (C=O) groups is 1. The van der Waals surface area contributed by atoms with Crippen LogP contribution in [-0.4, -0.2) is 12.5 Å². The van der Waals surface area contributed by atoms with Crippen LogP contribution in [0.5, 0.6) is 0 Å². The summed E-state index contributed by atoms with van der Waals surface area (Å²) in [6.07, 6.45) is 4.74. The van der Waals surface area contributed by atoms with E-state index in [1.54, 1.807) is 18.2 Å². The average molecular weight is 318 g/mol. The van der Waals surface area contributed by atoms with Crippen LogP contribution in [-0.2, 0) is 11.2 Å². The van der Waals surface area contributed by atoms with Crippen molar-refractivity contribution in [3.63, 3.8) is 0 Å². The largest absolute Gasteiger partial charge is 0.353 e. The third kappa shape index (κ3) is 5.34. The highest BCUT2D eigenvalue weighted by atomic mass is 35.5. The molecule has 0 aromatic heterocycles. The maximum absolute atomic E-state index is 12.7. The number of nitrogens with one attached hydrogen (secondary N) is 1. The molecule has 4 heteroatoms. The van der Waals surface area contributed by atoms with Crippen LogP contribution in [0.4, 0.5) is 4.39 Å². The maximum Gasteiger partial charge on any atom is 0.243 e. The van der Waals surface area contributed by atoms with Gasteiger partial charge in [0.15, 0.2) is 0 Å². The fourth-order valence-corrected chi connectivity index (χ4v) is 2.23. The third-order valence-electron chi connectivity index (χ3n) is 3.18. The molecule has 0 saturated heterocycles. The van der Waals surface area contributed by atoms with Crippen molar-refractivity contribution in [3.05, 3.63) is 76.6 Å². The Bertz CT molecular complexity index is 652. The normalized spacial score (nSPS) is 10.8. The van der Waals surface area contributed by atoms with Crippen LogP contribution < -0.4 is 5.32 Å². The first kappa shape index (κ1) is 16.2. The van der Waals surface area contributed by atoms with Crippen molar-refractivity contribution in [2.75, 3.05) is 6.54 Å². The van der Waals surface area contributed by atoms with E-state index >= 15 is 0 Å². The SMILES string of the molecule is O=C(/C=C/c1ccc(F)cc1)NCCCc1ccccc1Cl. The molecule has 0 fully saturated rings. The van der Waals surface area contributed by atoms with E-state index in [0.717, 1.165) is 29.0 Å². The fourth-order valence-electron chi connectivity index (χ4n) is 2.00. The zero-order valence-corrected chi connectivity index (χ0v) is 12.8. The summed E-state index contributed by atoms with van der Waals surface area (Å²) < 4.78 is 12.7. The fraction of sp³-hybridized carbons (Fsp3) is 0.167. The summed E-state index contributed by atoms with van der Waals surface area (Å²) in [6.45, 7) is 0.581. The minimum Gasteiger partial charge on any atom is -0.353 e. The van der Waals surface area contributed by atoms with Gasteiger partial charge >= 0.3 is 0 Å². The van der Waals surface area contributed by atoms with E-state index in [9.17, 15) is 9.18 Å². The highest BCUT2D eigenvalue weighted by Gasteiger charge is 2.00. The number of hydrogen-bond acceptors (Lipinski definition) is 1. The Morgan fingerprint density at radius 3 is 2.59 bits per heavy atom. The van der Waals surface area contributed by atoms with Gasteiger partial charge in [0, 0.05) is 17.6 Å². The van der Waals surface area contributed by atoms with E-state index in [0.29, 0.717) is 6.54 Å². The smallest absolute Gasteiger partial charge is 0.243 e. The Balaban J connectivity index is 1.72. The molecule has 1 N–H and O–H groups in total. The van der Waals surface area contributed by atoms with E-state index in [-0.39, 0.29) is 11.7 Å². The Morgan fingerprint density at radius 1 is 1.14 bits per heavy atom. The lowest BCUT2D eigenvalue weighted by atomic mass is 10.1. The van der Waals surface area contributed by atoms with Crippen molar-refractivity contribution in [2.24, 2.45) is 0 Å². The number of benzene rings is 2. The van der Waals surface area contributed by atoms with Gasteiger partial charge in [0.1, 0.15) is 5.82 Å². The van der Waals surface area contributed by atoms with Gasteiger partial charge in [-0.3, -0.25) is 4.79 Å². The summed E-state index contributed by atoms with van der Waals surface area (Å²) >= 11 is 6.07. The molecule has 2 rings (SSSR count). The minimum absolute atomic E-state index is 0.163. The van der Waals surface area contributed by atoms with Gasteiger partial charge in [-0.1, -0.05) is 41.9 Å². The van der Waals surface area contributed by atoms with Crippen molar-refractivity contribution in [2.45, 2.75) is 12.8 Å². The zero-order chi connectivity index (χ0) is 15.8. The topological polar surface area (TPSA) is 29.1 Å². The highest BCUT2D eigenvalue weighted by molar-refractivity contribution is 6.31. The van der Waals surface area contributed by atoms with Gasteiger partial charge in [0.05, 0.1) is 0 Å². The van der Waals surface area contributed by atoms with Crippen molar-refractivity contribution in [1.82, 2.24) is 5.32 Å². The Hall–Kier alpha value is -2.13. The summed E-state index contributed by atoms with van der Waals surface area (Å²) in [4.78, 5) is 11.7. The second-order valence-corrected chi connectivity index (χ2v) is 5.28. The van der Waals surface area contributed by atoms with Gasteiger partial charge in [0.2, 0.25) is 5.91 Å². The van der Waals surface area contributed by atoms with E-state index in [2.05, 4.69) is 5.32 Å². The molecule has 2 aromatic carbocycles. The van der Waals surface area contributed by atoms with Crippen LogP contribution in [0.2, 0.25) is 5.02 Å². The molecular formula is C18H17ClFNO. The first-order valence-corrected chi connectivity index (χ1v) is 7.48. The van der Waals surface area contributed by atoms with Crippen LogP contribution in [0.3, 0.4) is 0 Å². The molecule has 114 valence electrons. The molecule has 22 heavy (non-hydrogen) atoms. The van der Waals surface area contributed by atoms with Gasteiger partial charge in [-0.25, -0.2) is 4.39 Å². The Kier molecular flexibility index (Phi) is 6.16. The molecule has 0 heterocycles. The molecule has 2 nitrogen and oxygen atoms in total. The quantitative estimate of drug-likeness (QED) is 0.626. The molecule has 0 unspecified atom stereocenters. The first-order chi connectivity index (χ1) is 10.6. The maximum atomic E-state index is 12.7. The summed E-state index contributed by atoms with van der Waals surface area (Å²) in [5.74, 6) is -0.454. The highest BCUT2D eigenvalue weighted by Crippen LogP contribution is 2.16. The molecule has 0 radical (unpaired) electrons.